The van der Waals surface area contributed by atoms with Crippen molar-refractivity contribution in [3.63, 3.8) is 0 Å². The van der Waals surface area contributed by atoms with Crippen molar-refractivity contribution in [2.45, 2.75) is 0 Å². The van der Waals surface area contributed by atoms with Crippen LogP contribution in [0.4, 0.5) is 0 Å². The fourth-order valence-electron chi connectivity index (χ4n) is 1.64. The van der Waals surface area contributed by atoms with Crippen molar-refractivity contribution in [3.8, 4) is 11.5 Å². The molecule has 2 aromatic rings. The van der Waals surface area contributed by atoms with Crippen molar-refractivity contribution in [2.24, 2.45) is 0 Å². The second-order valence-corrected chi connectivity index (χ2v) is 4.08. The first kappa shape index (κ1) is 13.6. The van der Waals surface area contributed by atoms with Crippen molar-refractivity contribution in [1.29, 1.82) is 0 Å². The van der Waals surface area contributed by atoms with E-state index in [1.54, 1.807) is 24.3 Å². The van der Waals surface area contributed by atoms with Crippen LogP contribution in [0.2, 0.25) is 0 Å². The molecule has 0 aliphatic carbocycles. The number of phenols is 2. The number of hydrogen-bond donors (Lipinski definition) is 2. The molecule has 1 aromatic heterocycles. The summed E-state index contributed by atoms with van der Waals surface area (Å²) >= 11 is 0. The number of hydrogen-bond acceptors (Lipinski definition) is 5. The first-order valence-corrected chi connectivity index (χ1v) is 5.84. The van der Waals surface area contributed by atoms with E-state index in [1.165, 1.54) is 31.5 Å². The van der Waals surface area contributed by atoms with Crippen molar-refractivity contribution in [2.75, 3.05) is 7.11 Å². The van der Waals surface area contributed by atoms with Crippen molar-refractivity contribution in [1.82, 2.24) is 4.98 Å². The number of nitrogens with zero attached hydrogens (tertiary/aromatic N) is 1. The fraction of sp³-hybridized carbons (Fsp3) is 0.0667. The van der Waals surface area contributed by atoms with Crippen LogP contribution in [-0.2, 0) is 4.74 Å². The molecule has 0 saturated heterocycles. The summed E-state index contributed by atoms with van der Waals surface area (Å²) in [7, 11) is 1.31. The summed E-state index contributed by atoms with van der Waals surface area (Å²) in [5, 5.41) is 18.7. The molecule has 0 fully saturated rings. The highest BCUT2D eigenvalue weighted by molar-refractivity contribution is 5.89. The van der Waals surface area contributed by atoms with Gasteiger partial charge in [-0.3, -0.25) is 4.98 Å². The molecule has 0 atom stereocenters. The highest BCUT2D eigenvalue weighted by Crippen LogP contribution is 2.21. The molecule has 0 radical (unpaired) electrons. The first-order chi connectivity index (χ1) is 9.58. The van der Waals surface area contributed by atoms with Gasteiger partial charge < -0.3 is 14.9 Å². The number of rotatable bonds is 3. The third-order valence-corrected chi connectivity index (χ3v) is 2.58. The zero-order chi connectivity index (χ0) is 14.5. The predicted octanol–water partition coefficient (Wildman–Crippen LogP) is 2.45. The van der Waals surface area contributed by atoms with E-state index in [1.807, 2.05) is 0 Å². The van der Waals surface area contributed by atoms with Gasteiger partial charge in [0.25, 0.3) is 0 Å². The van der Waals surface area contributed by atoms with E-state index in [2.05, 4.69) is 9.72 Å². The number of methoxy groups -OCH3 is 1. The third kappa shape index (κ3) is 3.35. The van der Waals surface area contributed by atoms with Crippen molar-refractivity contribution < 1.29 is 19.7 Å². The first-order valence-electron chi connectivity index (χ1n) is 5.84. The highest BCUT2D eigenvalue weighted by atomic mass is 16.5. The van der Waals surface area contributed by atoms with E-state index in [0.717, 1.165) is 0 Å². The van der Waals surface area contributed by atoms with Crippen LogP contribution in [0.3, 0.4) is 0 Å². The zero-order valence-electron chi connectivity index (χ0n) is 10.8. The Bertz CT molecular complexity index is 627. The van der Waals surface area contributed by atoms with Gasteiger partial charge in [0, 0.05) is 12.3 Å². The monoisotopic (exact) mass is 271 g/mol. The maximum Gasteiger partial charge on any atom is 0.339 e. The number of aromatic nitrogens is 1. The lowest BCUT2D eigenvalue weighted by Crippen LogP contribution is -2.01. The molecule has 0 saturated carbocycles. The average Bonchev–Trinajstić information content (AvgIpc) is 2.44. The molecule has 0 unspecified atom stereocenters. The van der Waals surface area contributed by atoms with Crippen LogP contribution < -0.4 is 0 Å². The SMILES string of the molecule is COC(=O)c1ccc(C=Cc2cc(O)cc(O)c2)nc1. The lowest BCUT2D eigenvalue weighted by atomic mass is 10.1. The fourth-order valence-corrected chi connectivity index (χ4v) is 1.64. The molecular weight excluding hydrogens is 258 g/mol. The smallest absolute Gasteiger partial charge is 0.339 e. The van der Waals surface area contributed by atoms with E-state index in [4.69, 9.17) is 0 Å². The molecule has 2 rings (SSSR count). The Kier molecular flexibility index (Phi) is 4.00. The standard InChI is InChI=1S/C15H13NO4/c1-20-15(19)11-3-5-12(16-9-11)4-2-10-6-13(17)8-14(18)7-10/h2-9,17-18H,1H3. The molecule has 2 N–H and O–H groups in total. The van der Waals surface area contributed by atoms with Crippen LogP contribution >= 0.6 is 0 Å². The average molecular weight is 271 g/mol. The molecule has 0 aliphatic heterocycles. The molecule has 0 bridgehead atoms. The van der Waals surface area contributed by atoms with Crippen LogP contribution in [0.25, 0.3) is 12.2 Å². The van der Waals surface area contributed by atoms with Gasteiger partial charge in [0.15, 0.2) is 0 Å². The summed E-state index contributed by atoms with van der Waals surface area (Å²) in [4.78, 5) is 15.3. The minimum Gasteiger partial charge on any atom is -0.508 e. The molecule has 20 heavy (non-hydrogen) atoms. The van der Waals surface area contributed by atoms with Gasteiger partial charge in [-0.25, -0.2) is 4.79 Å². The largest absolute Gasteiger partial charge is 0.508 e. The second kappa shape index (κ2) is 5.88. The van der Waals surface area contributed by atoms with Gasteiger partial charge in [-0.05, 0) is 35.9 Å². The van der Waals surface area contributed by atoms with Gasteiger partial charge in [-0.1, -0.05) is 6.08 Å². The van der Waals surface area contributed by atoms with Gasteiger partial charge >= 0.3 is 5.97 Å². The highest BCUT2D eigenvalue weighted by Gasteiger charge is 2.04. The summed E-state index contributed by atoms with van der Waals surface area (Å²) < 4.78 is 4.58. The Hall–Kier alpha value is -2.82. The van der Waals surface area contributed by atoms with E-state index in [0.29, 0.717) is 16.8 Å². The molecule has 5 nitrogen and oxygen atoms in total. The Morgan fingerprint density at radius 3 is 2.40 bits per heavy atom. The van der Waals surface area contributed by atoms with Gasteiger partial charge in [-0.15, -0.1) is 0 Å². The van der Waals surface area contributed by atoms with Gasteiger partial charge in [0.1, 0.15) is 11.5 Å². The lowest BCUT2D eigenvalue weighted by Gasteiger charge is -2.00. The lowest BCUT2D eigenvalue weighted by molar-refractivity contribution is 0.0600. The molecule has 5 heteroatoms. The maximum absolute atomic E-state index is 11.2. The summed E-state index contributed by atoms with van der Waals surface area (Å²) in [6, 6.07) is 7.56. The number of carbonyl (C=O) groups excluding carboxylic acids is 1. The zero-order valence-corrected chi connectivity index (χ0v) is 10.8. The number of ether oxygens (including phenoxy) is 1. The quantitative estimate of drug-likeness (QED) is 0.838. The minimum atomic E-state index is -0.439. The topological polar surface area (TPSA) is 79.7 Å². The number of benzene rings is 1. The Labute approximate surface area is 115 Å². The second-order valence-electron chi connectivity index (χ2n) is 4.08. The predicted molar refractivity (Wildman–Crippen MR) is 74.3 cm³/mol. The molecule has 0 spiro atoms. The van der Waals surface area contributed by atoms with Gasteiger partial charge in [0.2, 0.25) is 0 Å². The minimum absolute atomic E-state index is 0.0151. The van der Waals surface area contributed by atoms with Crippen molar-refractivity contribution in [3.05, 3.63) is 53.3 Å². The van der Waals surface area contributed by atoms with Gasteiger partial charge in [0.05, 0.1) is 18.4 Å². The molecular formula is C15H13NO4. The summed E-state index contributed by atoms with van der Waals surface area (Å²) in [5.41, 5.74) is 1.65. The number of carbonyl (C=O) groups is 1. The third-order valence-electron chi connectivity index (χ3n) is 2.58. The van der Waals surface area contributed by atoms with E-state index in [-0.39, 0.29) is 11.5 Å². The molecule has 102 valence electrons. The molecule has 0 amide bonds. The van der Waals surface area contributed by atoms with Crippen molar-refractivity contribution >= 4 is 18.1 Å². The van der Waals surface area contributed by atoms with Crippen LogP contribution in [0.5, 0.6) is 11.5 Å². The molecule has 1 aromatic carbocycles. The van der Waals surface area contributed by atoms with E-state index >= 15 is 0 Å². The Morgan fingerprint density at radius 2 is 1.85 bits per heavy atom. The summed E-state index contributed by atoms with van der Waals surface area (Å²) in [6.45, 7) is 0. The van der Waals surface area contributed by atoms with Crippen LogP contribution in [0, 0.1) is 0 Å². The van der Waals surface area contributed by atoms with Crippen LogP contribution in [0.1, 0.15) is 21.6 Å². The summed E-state index contributed by atoms with van der Waals surface area (Å²) in [6.07, 6.45) is 4.82. The van der Waals surface area contributed by atoms with Crippen LogP contribution in [0.15, 0.2) is 36.5 Å². The van der Waals surface area contributed by atoms with E-state index in [9.17, 15) is 15.0 Å². The molecule has 0 aliphatic rings. The number of esters is 1. The van der Waals surface area contributed by atoms with Crippen LogP contribution in [-0.4, -0.2) is 28.3 Å². The number of pyridine rings is 1. The molecule has 1 heterocycles. The number of phenolic OH excluding ortho intramolecular Hbond substituents is 2. The Morgan fingerprint density at radius 1 is 1.15 bits per heavy atom. The maximum atomic E-state index is 11.2. The van der Waals surface area contributed by atoms with Gasteiger partial charge in [-0.2, -0.15) is 0 Å². The van der Waals surface area contributed by atoms with E-state index < -0.39 is 5.97 Å². The number of aromatic hydroxyl groups is 2. The summed E-state index contributed by atoms with van der Waals surface area (Å²) in [5.74, 6) is -0.469. The normalized spacial score (nSPS) is 10.7. The Balaban J connectivity index is 2.17.